The molecule has 1 fully saturated rings. The molecule has 2 aromatic rings. The van der Waals surface area contributed by atoms with Gasteiger partial charge in [-0.3, -0.25) is 14.5 Å². The van der Waals surface area contributed by atoms with Crippen LogP contribution in [0.3, 0.4) is 0 Å². The van der Waals surface area contributed by atoms with Gasteiger partial charge >= 0.3 is 5.97 Å². The minimum Gasteiger partial charge on any atom is -0.508 e. The Hall–Kier alpha value is -3.13. The van der Waals surface area contributed by atoms with E-state index in [0.29, 0.717) is 12.2 Å². The minimum absolute atomic E-state index is 0.101. The zero-order valence-corrected chi connectivity index (χ0v) is 15.5. The Kier molecular flexibility index (Phi) is 6.44. The number of benzene rings is 1. The van der Waals surface area contributed by atoms with E-state index in [9.17, 15) is 19.8 Å². The Morgan fingerprint density at radius 1 is 1.07 bits per heavy atom. The maximum absolute atomic E-state index is 12.2. The Balaban J connectivity index is 1.50. The fraction of sp³-hybridized carbons (Fsp3) is 0.350. The number of carbonyl (C=O) groups is 2. The first kappa shape index (κ1) is 19.6. The van der Waals surface area contributed by atoms with E-state index < -0.39 is 11.9 Å². The van der Waals surface area contributed by atoms with Gasteiger partial charge in [-0.15, -0.1) is 0 Å². The van der Waals surface area contributed by atoms with Crippen LogP contribution in [0.1, 0.15) is 6.42 Å². The van der Waals surface area contributed by atoms with Crippen molar-refractivity contribution < 1.29 is 19.8 Å². The van der Waals surface area contributed by atoms with E-state index in [4.69, 9.17) is 0 Å². The van der Waals surface area contributed by atoms with Crippen LogP contribution in [0.4, 0.5) is 11.5 Å². The first-order valence-corrected chi connectivity index (χ1v) is 9.21. The molecule has 1 aromatic heterocycles. The molecule has 8 heteroatoms. The molecular formula is C20H24N4O4. The Morgan fingerprint density at radius 3 is 2.39 bits per heavy atom. The maximum Gasteiger partial charge on any atom is 0.308 e. The topological polar surface area (TPSA) is 106 Å². The number of hydrogen-bond donors (Lipinski definition) is 3. The van der Waals surface area contributed by atoms with Gasteiger partial charge in [-0.25, -0.2) is 4.98 Å². The van der Waals surface area contributed by atoms with Crippen LogP contribution < -0.4 is 10.2 Å². The Labute approximate surface area is 163 Å². The number of piperazine rings is 1. The monoisotopic (exact) mass is 384 g/mol. The lowest BCUT2D eigenvalue weighted by Crippen LogP contribution is -2.49. The Morgan fingerprint density at radius 2 is 1.79 bits per heavy atom. The second-order valence-corrected chi connectivity index (χ2v) is 6.81. The van der Waals surface area contributed by atoms with Gasteiger partial charge in [-0.2, -0.15) is 0 Å². The zero-order chi connectivity index (χ0) is 19.9. The normalized spacial score (nSPS) is 15.8. The SMILES string of the molecule is O=C(C[C@@H](CN1CCN(c2ccccn2)CC1)C(=O)O)Nc1ccc(O)cc1. The highest BCUT2D eigenvalue weighted by Gasteiger charge is 2.26. The molecule has 1 atom stereocenters. The molecule has 0 aliphatic carbocycles. The summed E-state index contributed by atoms with van der Waals surface area (Å²) in [6.07, 6.45) is 1.66. The number of aliphatic carboxylic acids is 1. The summed E-state index contributed by atoms with van der Waals surface area (Å²) in [7, 11) is 0. The molecule has 0 saturated carbocycles. The van der Waals surface area contributed by atoms with Crippen LogP contribution >= 0.6 is 0 Å². The molecule has 1 amide bonds. The second-order valence-electron chi connectivity index (χ2n) is 6.81. The highest BCUT2D eigenvalue weighted by Crippen LogP contribution is 2.17. The van der Waals surface area contributed by atoms with Crippen molar-refractivity contribution in [2.45, 2.75) is 6.42 Å². The van der Waals surface area contributed by atoms with Crippen molar-refractivity contribution in [2.75, 3.05) is 42.9 Å². The van der Waals surface area contributed by atoms with Crippen molar-refractivity contribution in [3.63, 3.8) is 0 Å². The van der Waals surface area contributed by atoms with Gasteiger partial charge in [0.1, 0.15) is 11.6 Å². The van der Waals surface area contributed by atoms with E-state index >= 15 is 0 Å². The van der Waals surface area contributed by atoms with E-state index in [1.165, 1.54) is 12.1 Å². The smallest absolute Gasteiger partial charge is 0.308 e. The van der Waals surface area contributed by atoms with E-state index in [0.717, 1.165) is 32.0 Å². The highest BCUT2D eigenvalue weighted by molar-refractivity contribution is 5.93. The van der Waals surface area contributed by atoms with Crippen LogP contribution in [-0.4, -0.2) is 64.7 Å². The number of aromatic hydroxyl groups is 1. The van der Waals surface area contributed by atoms with E-state index in [2.05, 4.69) is 20.1 Å². The molecule has 0 radical (unpaired) electrons. The fourth-order valence-electron chi connectivity index (χ4n) is 3.22. The zero-order valence-electron chi connectivity index (χ0n) is 15.5. The van der Waals surface area contributed by atoms with Gasteiger partial charge in [-0.05, 0) is 36.4 Å². The number of nitrogens with zero attached hydrogens (tertiary/aromatic N) is 3. The summed E-state index contributed by atoms with van der Waals surface area (Å²) in [6.45, 7) is 3.31. The molecule has 0 unspecified atom stereocenters. The molecule has 1 aromatic carbocycles. The quantitative estimate of drug-likeness (QED) is 0.623. The fourth-order valence-corrected chi connectivity index (χ4v) is 3.22. The standard InChI is InChI=1S/C20H24N4O4/c25-17-6-4-16(5-7-17)22-19(26)13-15(20(27)28)14-23-9-11-24(12-10-23)18-3-1-2-8-21-18/h1-8,15,25H,9-14H2,(H,22,26)(H,27,28)/t15-/m0/s1. The molecule has 0 bridgehead atoms. The van der Waals surface area contributed by atoms with E-state index in [1.807, 2.05) is 18.2 Å². The van der Waals surface area contributed by atoms with Crippen LogP contribution in [0, 0.1) is 5.92 Å². The number of amides is 1. The molecular weight excluding hydrogens is 360 g/mol. The van der Waals surface area contributed by atoms with Gasteiger partial charge in [0.15, 0.2) is 0 Å². The summed E-state index contributed by atoms with van der Waals surface area (Å²) in [5, 5.41) is 21.5. The number of carbonyl (C=O) groups excluding carboxylic acids is 1. The number of phenolic OH excluding ortho intramolecular Hbond substituents is 1. The Bertz CT molecular complexity index is 790. The van der Waals surface area contributed by atoms with Gasteiger partial charge < -0.3 is 20.4 Å². The minimum atomic E-state index is -0.979. The lowest BCUT2D eigenvalue weighted by atomic mass is 10.0. The second kappa shape index (κ2) is 9.18. The number of pyridine rings is 1. The van der Waals surface area contributed by atoms with E-state index in [-0.39, 0.29) is 18.1 Å². The molecule has 1 saturated heterocycles. The number of carboxylic acid groups (broad SMARTS) is 1. The van der Waals surface area contributed by atoms with Crippen LogP contribution in [0.5, 0.6) is 5.75 Å². The van der Waals surface area contributed by atoms with Crippen molar-refractivity contribution in [3.05, 3.63) is 48.7 Å². The third-order valence-corrected chi connectivity index (χ3v) is 4.76. The predicted octanol–water partition coefficient (Wildman–Crippen LogP) is 1.64. The molecule has 3 N–H and O–H groups in total. The number of anilines is 2. The molecule has 148 valence electrons. The van der Waals surface area contributed by atoms with Crippen LogP contribution in [0.15, 0.2) is 48.7 Å². The molecule has 0 spiro atoms. The van der Waals surface area contributed by atoms with Gasteiger partial charge in [-0.1, -0.05) is 6.07 Å². The number of phenols is 1. The van der Waals surface area contributed by atoms with Crippen molar-refractivity contribution in [3.8, 4) is 5.75 Å². The first-order chi connectivity index (χ1) is 13.5. The van der Waals surface area contributed by atoms with Gasteiger partial charge in [0.25, 0.3) is 0 Å². The summed E-state index contributed by atoms with van der Waals surface area (Å²) in [6, 6.07) is 11.8. The lowest BCUT2D eigenvalue weighted by Gasteiger charge is -2.36. The summed E-state index contributed by atoms with van der Waals surface area (Å²) in [5.41, 5.74) is 0.524. The number of nitrogens with one attached hydrogen (secondary N) is 1. The van der Waals surface area contributed by atoms with Gasteiger partial charge in [0.05, 0.1) is 5.92 Å². The van der Waals surface area contributed by atoms with Crippen molar-refractivity contribution in [2.24, 2.45) is 5.92 Å². The van der Waals surface area contributed by atoms with Gasteiger partial charge in [0, 0.05) is 51.0 Å². The molecule has 28 heavy (non-hydrogen) atoms. The average Bonchev–Trinajstić information content (AvgIpc) is 2.70. The van der Waals surface area contributed by atoms with E-state index in [1.54, 1.807) is 18.3 Å². The molecule has 3 rings (SSSR count). The third kappa shape index (κ3) is 5.43. The molecule has 1 aliphatic heterocycles. The lowest BCUT2D eigenvalue weighted by molar-refractivity contribution is -0.144. The van der Waals surface area contributed by atoms with Gasteiger partial charge in [0.2, 0.25) is 5.91 Å². The van der Waals surface area contributed by atoms with Crippen LogP contribution in [0.2, 0.25) is 0 Å². The van der Waals surface area contributed by atoms with Crippen LogP contribution in [-0.2, 0) is 9.59 Å². The number of carboxylic acids is 1. The maximum atomic E-state index is 12.2. The number of aromatic nitrogens is 1. The average molecular weight is 384 g/mol. The molecule has 1 aliphatic rings. The summed E-state index contributed by atoms with van der Waals surface area (Å²) < 4.78 is 0. The molecule has 8 nitrogen and oxygen atoms in total. The first-order valence-electron chi connectivity index (χ1n) is 9.21. The molecule has 2 heterocycles. The number of hydrogen-bond acceptors (Lipinski definition) is 6. The predicted molar refractivity (Wildman–Crippen MR) is 105 cm³/mol. The van der Waals surface area contributed by atoms with Crippen molar-refractivity contribution >= 4 is 23.4 Å². The third-order valence-electron chi connectivity index (χ3n) is 4.76. The highest BCUT2D eigenvalue weighted by atomic mass is 16.4. The van der Waals surface area contributed by atoms with Crippen LogP contribution in [0.25, 0.3) is 0 Å². The summed E-state index contributed by atoms with van der Waals surface area (Å²) in [4.78, 5) is 32.4. The van der Waals surface area contributed by atoms with Crippen molar-refractivity contribution in [1.29, 1.82) is 0 Å². The van der Waals surface area contributed by atoms with Crippen molar-refractivity contribution in [1.82, 2.24) is 9.88 Å². The number of rotatable bonds is 7. The largest absolute Gasteiger partial charge is 0.508 e. The summed E-state index contributed by atoms with van der Waals surface area (Å²) in [5.74, 6) is -1.09. The summed E-state index contributed by atoms with van der Waals surface area (Å²) >= 11 is 0.